The maximum atomic E-state index is 12.6. The van der Waals surface area contributed by atoms with Gasteiger partial charge in [0.15, 0.2) is 0 Å². The molecule has 0 saturated heterocycles. The molecule has 0 fully saturated rings. The lowest BCUT2D eigenvalue weighted by atomic mass is 9.85. The average Bonchev–Trinajstić information content (AvgIpc) is 2.47. The molecule has 2 aliphatic rings. The fourth-order valence-electron chi connectivity index (χ4n) is 3.31. The summed E-state index contributed by atoms with van der Waals surface area (Å²) in [5, 5.41) is 0.754. The van der Waals surface area contributed by atoms with E-state index in [1.54, 1.807) is 6.20 Å². The van der Waals surface area contributed by atoms with Gasteiger partial charge in [-0.05, 0) is 35.7 Å². The van der Waals surface area contributed by atoms with Crippen LogP contribution in [-0.4, -0.2) is 22.3 Å². The lowest BCUT2D eigenvalue weighted by Crippen LogP contribution is -2.44. The number of carbonyl (C=O) groups is 1. The van der Waals surface area contributed by atoms with Gasteiger partial charge < -0.3 is 4.90 Å². The van der Waals surface area contributed by atoms with Gasteiger partial charge in [0.25, 0.3) is 5.91 Å². The zero-order valence-electron chi connectivity index (χ0n) is 10.8. The van der Waals surface area contributed by atoms with Crippen LogP contribution >= 0.6 is 11.6 Å². The van der Waals surface area contributed by atoms with Crippen LogP contribution < -0.4 is 0 Å². The highest BCUT2D eigenvalue weighted by Crippen LogP contribution is 2.40. The van der Waals surface area contributed by atoms with Crippen LogP contribution in [0.5, 0.6) is 0 Å². The minimum Gasteiger partial charge on any atom is -0.331 e. The second-order valence-electron chi connectivity index (χ2n) is 5.28. The summed E-state index contributed by atoms with van der Waals surface area (Å²) in [5.41, 5.74) is 3.97. The Balaban J connectivity index is 1.88. The van der Waals surface area contributed by atoms with Crippen molar-refractivity contribution in [1.82, 2.24) is 9.88 Å². The third-order valence-electron chi connectivity index (χ3n) is 4.24. The van der Waals surface area contributed by atoms with E-state index >= 15 is 0 Å². The highest BCUT2D eigenvalue weighted by atomic mass is 35.5. The Hall–Kier alpha value is -1.87. The summed E-state index contributed by atoms with van der Waals surface area (Å²) >= 11 is 6.38. The predicted octanol–water partition coefficient (Wildman–Crippen LogP) is 3.03. The molecule has 4 rings (SSSR count). The summed E-state index contributed by atoms with van der Waals surface area (Å²) in [7, 11) is 0. The fourth-order valence-corrected chi connectivity index (χ4v) is 3.63. The van der Waals surface area contributed by atoms with Gasteiger partial charge >= 0.3 is 0 Å². The normalized spacial score (nSPS) is 20.1. The second-order valence-corrected chi connectivity index (χ2v) is 5.69. The number of carbonyl (C=O) groups excluding carboxylic acids is 1. The molecule has 1 unspecified atom stereocenters. The summed E-state index contributed by atoms with van der Waals surface area (Å²) in [5.74, 6) is 0.0786. The molecule has 3 nitrogen and oxygen atoms in total. The molecule has 1 aromatic carbocycles. The molecular weight excluding hydrogens is 272 g/mol. The second kappa shape index (κ2) is 4.32. The summed E-state index contributed by atoms with van der Waals surface area (Å²) in [4.78, 5) is 18.9. The quantitative estimate of drug-likeness (QED) is 0.745. The molecule has 0 aliphatic carbocycles. The van der Waals surface area contributed by atoms with E-state index in [1.165, 1.54) is 5.56 Å². The van der Waals surface area contributed by atoms with Gasteiger partial charge in [-0.15, -0.1) is 0 Å². The number of aromatic nitrogens is 1. The molecule has 0 spiro atoms. The van der Waals surface area contributed by atoms with Crippen LogP contribution in [-0.2, 0) is 12.8 Å². The predicted molar refractivity (Wildman–Crippen MR) is 76.9 cm³/mol. The van der Waals surface area contributed by atoms with E-state index in [4.69, 9.17) is 11.6 Å². The summed E-state index contributed by atoms with van der Waals surface area (Å²) in [6.45, 7) is 0.755. The first-order valence-corrected chi connectivity index (χ1v) is 7.15. The molecule has 0 radical (unpaired) electrons. The van der Waals surface area contributed by atoms with Crippen molar-refractivity contribution in [3.05, 3.63) is 63.9 Å². The maximum Gasteiger partial charge on any atom is 0.256 e. The molecule has 1 amide bonds. The average molecular weight is 285 g/mol. The Kier molecular flexibility index (Phi) is 2.57. The van der Waals surface area contributed by atoms with Crippen molar-refractivity contribution in [3.8, 4) is 0 Å². The third kappa shape index (κ3) is 1.59. The zero-order chi connectivity index (χ0) is 13.7. The van der Waals surface area contributed by atoms with Gasteiger partial charge in [0.1, 0.15) is 0 Å². The van der Waals surface area contributed by atoms with E-state index < -0.39 is 0 Å². The number of rotatable bonds is 0. The Morgan fingerprint density at radius 3 is 3.05 bits per heavy atom. The van der Waals surface area contributed by atoms with Crippen LogP contribution in [0.1, 0.15) is 33.2 Å². The Morgan fingerprint density at radius 2 is 2.15 bits per heavy atom. The highest BCUT2D eigenvalue weighted by Gasteiger charge is 2.38. The van der Waals surface area contributed by atoms with Crippen molar-refractivity contribution in [3.63, 3.8) is 0 Å². The topological polar surface area (TPSA) is 33.2 Å². The SMILES string of the molecule is O=C1c2cccnc2CC2c3c(Cl)cccc3CCN12. The van der Waals surface area contributed by atoms with E-state index in [0.29, 0.717) is 0 Å². The molecule has 0 saturated carbocycles. The molecular formula is C16H13ClN2O. The van der Waals surface area contributed by atoms with Crippen molar-refractivity contribution < 1.29 is 4.79 Å². The summed E-state index contributed by atoms with van der Waals surface area (Å²) < 4.78 is 0. The van der Waals surface area contributed by atoms with Crippen LogP contribution in [0.2, 0.25) is 5.02 Å². The smallest absolute Gasteiger partial charge is 0.256 e. The molecule has 0 N–H and O–H groups in total. The molecule has 2 aliphatic heterocycles. The number of halogens is 1. The van der Waals surface area contributed by atoms with Crippen molar-refractivity contribution in [2.75, 3.05) is 6.54 Å². The molecule has 100 valence electrons. The summed E-state index contributed by atoms with van der Waals surface area (Å²) in [6.07, 6.45) is 3.37. The van der Waals surface area contributed by atoms with Crippen LogP contribution in [0.4, 0.5) is 0 Å². The first kappa shape index (κ1) is 11.9. The lowest BCUT2D eigenvalue weighted by molar-refractivity contribution is 0.0629. The number of pyridine rings is 1. The number of hydrogen-bond donors (Lipinski definition) is 0. The van der Waals surface area contributed by atoms with E-state index in [0.717, 1.165) is 41.2 Å². The number of hydrogen-bond acceptors (Lipinski definition) is 2. The summed E-state index contributed by atoms with van der Waals surface area (Å²) in [6, 6.07) is 9.71. The monoisotopic (exact) mass is 284 g/mol. The van der Waals surface area contributed by atoms with Crippen molar-refractivity contribution in [2.45, 2.75) is 18.9 Å². The van der Waals surface area contributed by atoms with Crippen molar-refractivity contribution >= 4 is 17.5 Å². The van der Waals surface area contributed by atoms with Crippen molar-refractivity contribution in [1.29, 1.82) is 0 Å². The largest absolute Gasteiger partial charge is 0.331 e. The van der Waals surface area contributed by atoms with Gasteiger partial charge in [-0.25, -0.2) is 0 Å². The van der Waals surface area contributed by atoms with Crippen LogP contribution in [0.25, 0.3) is 0 Å². The third-order valence-corrected chi connectivity index (χ3v) is 4.57. The minimum atomic E-state index is 0.0300. The molecule has 1 atom stereocenters. The number of nitrogens with zero attached hydrogens (tertiary/aromatic N) is 2. The molecule has 4 heteroatoms. The maximum absolute atomic E-state index is 12.6. The Morgan fingerprint density at radius 1 is 1.25 bits per heavy atom. The molecule has 3 heterocycles. The molecule has 20 heavy (non-hydrogen) atoms. The first-order valence-electron chi connectivity index (χ1n) is 6.78. The highest BCUT2D eigenvalue weighted by molar-refractivity contribution is 6.31. The fraction of sp³-hybridized carbons (Fsp3) is 0.250. The first-order chi connectivity index (χ1) is 9.75. The number of fused-ring (bicyclic) bond motifs is 4. The molecule has 2 aromatic rings. The molecule has 1 aromatic heterocycles. The zero-order valence-corrected chi connectivity index (χ0v) is 11.6. The van der Waals surface area contributed by atoms with Gasteiger partial charge in [0.05, 0.1) is 17.3 Å². The van der Waals surface area contributed by atoms with Gasteiger partial charge in [-0.3, -0.25) is 9.78 Å². The number of amides is 1. The van der Waals surface area contributed by atoms with Gasteiger partial charge in [-0.2, -0.15) is 0 Å². The van der Waals surface area contributed by atoms with E-state index in [1.807, 2.05) is 29.2 Å². The number of benzene rings is 1. The molecule has 0 bridgehead atoms. The van der Waals surface area contributed by atoms with Gasteiger partial charge in [-0.1, -0.05) is 23.7 Å². The van der Waals surface area contributed by atoms with E-state index in [2.05, 4.69) is 11.1 Å². The standard InChI is InChI=1S/C16H13ClN2O/c17-12-5-1-3-10-6-8-19-14(15(10)12)9-13-11(16(19)20)4-2-7-18-13/h1-5,7,14H,6,8-9H2. The van der Waals surface area contributed by atoms with E-state index in [9.17, 15) is 4.79 Å². The Labute approximate surface area is 122 Å². The van der Waals surface area contributed by atoms with Gasteiger partial charge in [0, 0.05) is 24.2 Å². The van der Waals surface area contributed by atoms with Crippen LogP contribution in [0.3, 0.4) is 0 Å². The van der Waals surface area contributed by atoms with Crippen LogP contribution in [0.15, 0.2) is 36.5 Å². The minimum absolute atomic E-state index is 0.0300. The van der Waals surface area contributed by atoms with E-state index in [-0.39, 0.29) is 11.9 Å². The van der Waals surface area contributed by atoms with Crippen molar-refractivity contribution in [2.24, 2.45) is 0 Å². The van der Waals surface area contributed by atoms with Gasteiger partial charge in [0.2, 0.25) is 0 Å². The lowest BCUT2D eigenvalue weighted by Gasteiger charge is -2.41. The van der Waals surface area contributed by atoms with Crippen LogP contribution in [0, 0.1) is 0 Å². The Bertz CT molecular complexity index is 713.